The lowest BCUT2D eigenvalue weighted by atomic mass is 10.2. The molecule has 0 unspecified atom stereocenters. The van der Waals surface area contributed by atoms with E-state index in [4.69, 9.17) is 0 Å². The van der Waals surface area contributed by atoms with E-state index in [1.165, 1.54) is 0 Å². The van der Waals surface area contributed by atoms with Crippen LogP contribution in [0.4, 0.5) is 0 Å². The number of phenols is 1. The van der Waals surface area contributed by atoms with E-state index in [0.29, 0.717) is 5.75 Å². The molecular formula is C16H13NOS2. The molecule has 0 amide bonds. The molecule has 0 radical (unpaired) electrons. The predicted octanol–water partition coefficient (Wildman–Crippen LogP) is 4.81. The van der Waals surface area contributed by atoms with Crippen molar-refractivity contribution in [1.82, 2.24) is 4.98 Å². The molecule has 100 valence electrons. The minimum absolute atomic E-state index is 0.330. The zero-order chi connectivity index (χ0) is 13.8. The van der Waals surface area contributed by atoms with Crippen LogP contribution < -0.4 is 0 Å². The molecular weight excluding hydrogens is 286 g/mol. The first-order valence-electron chi connectivity index (χ1n) is 6.23. The summed E-state index contributed by atoms with van der Waals surface area (Å²) in [6, 6.07) is 17.6. The smallest absolute Gasteiger partial charge is 0.129 e. The molecule has 0 fully saturated rings. The van der Waals surface area contributed by atoms with Crippen molar-refractivity contribution < 1.29 is 5.11 Å². The summed E-state index contributed by atoms with van der Waals surface area (Å²) >= 11 is 3.26. The van der Waals surface area contributed by atoms with Crippen LogP contribution in [0.1, 0.15) is 5.69 Å². The Morgan fingerprint density at radius 1 is 1.00 bits per heavy atom. The van der Waals surface area contributed by atoms with Crippen molar-refractivity contribution in [3.8, 4) is 16.3 Å². The third-order valence-corrected chi connectivity index (χ3v) is 4.85. The zero-order valence-corrected chi connectivity index (χ0v) is 12.3. The summed E-state index contributed by atoms with van der Waals surface area (Å²) < 4.78 is 0. The number of rotatable bonds is 4. The summed E-state index contributed by atoms with van der Waals surface area (Å²) in [6.07, 6.45) is 0. The molecule has 0 aliphatic rings. The van der Waals surface area contributed by atoms with Crippen LogP contribution in [0.2, 0.25) is 0 Å². The minimum atomic E-state index is 0.330. The first-order valence-corrected chi connectivity index (χ1v) is 8.10. The van der Waals surface area contributed by atoms with Crippen molar-refractivity contribution in [2.45, 2.75) is 10.6 Å². The lowest BCUT2D eigenvalue weighted by Crippen LogP contribution is -1.82. The van der Waals surface area contributed by atoms with E-state index < -0.39 is 0 Å². The molecule has 20 heavy (non-hydrogen) atoms. The number of benzene rings is 2. The predicted molar refractivity (Wildman–Crippen MR) is 85.2 cm³/mol. The molecule has 0 aliphatic heterocycles. The van der Waals surface area contributed by atoms with Gasteiger partial charge in [-0.05, 0) is 12.1 Å². The second-order valence-corrected chi connectivity index (χ2v) is 6.14. The quantitative estimate of drug-likeness (QED) is 0.702. The summed E-state index contributed by atoms with van der Waals surface area (Å²) in [7, 11) is 0. The summed E-state index contributed by atoms with van der Waals surface area (Å²) in [4.78, 5) is 5.53. The van der Waals surface area contributed by atoms with Gasteiger partial charge in [0.25, 0.3) is 0 Å². The van der Waals surface area contributed by atoms with Gasteiger partial charge in [-0.15, -0.1) is 23.1 Å². The van der Waals surface area contributed by atoms with Gasteiger partial charge in [0, 0.05) is 21.6 Å². The van der Waals surface area contributed by atoms with Crippen LogP contribution in [0, 0.1) is 0 Å². The number of thioether (sulfide) groups is 1. The van der Waals surface area contributed by atoms with Crippen molar-refractivity contribution in [2.24, 2.45) is 0 Å². The van der Waals surface area contributed by atoms with Gasteiger partial charge >= 0.3 is 0 Å². The van der Waals surface area contributed by atoms with Crippen LogP contribution in [0.25, 0.3) is 10.6 Å². The third kappa shape index (κ3) is 3.03. The number of phenolic OH excluding ortho intramolecular Hbond substituents is 1. The summed E-state index contributed by atoms with van der Waals surface area (Å²) in [5.41, 5.74) is 2.19. The molecule has 2 aromatic carbocycles. The fourth-order valence-electron chi connectivity index (χ4n) is 1.82. The van der Waals surface area contributed by atoms with E-state index in [1.807, 2.05) is 36.4 Å². The van der Waals surface area contributed by atoms with E-state index in [2.05, 4.69) is 22.5 Å². The van der Waals surface area contributed by atoms with Crippen LogP contribution in [-0.2, 0) is 5.75 Å². The molecule has 4 heteroatoms. The number of para-hydroxylation sites is 1. The Bertz CT molecular complexity index is 694. The third-order valence-electron chi connectivity index (χ3n) is 2.81. The van der Waals surface area contributed by atoms with Crippen molar-refractivity contribution in [3.63, 3.8) is 0 Å². The van der Waals surface area contributed by atoms with Crippen molar-refractivity contribution in [1.29, 1.82) is 0 Å². The highest BCUT2D eigenvalue weighted by Gasteiger charge is 2.06. The Labute approximate surface area is 126 Å². The molecule has 3 rings (SSSR count). The van der Waals surface area contributed by atoms with Gasteiger partial charge < -0.3 is 5.11 Å². The molecule has 0 bridgehead atoms. The Kier molecular flexibility index (Phi) is 4.04. The van der Waals surface area contributed by atoms with Crippen LogP contribution in [0.3, 0.4) is 0 Å². The summed E-state index contributed by atoms with van der Waals surface area (Å²) in [6.45, 7) is 0. The fourth-order valence-corrected chi connectivity index (χ4v) is 3.59. The van der Waals surface area contributed by atoms with E-state index >= 15 is 0 Å². The fraction of sp³-hybridized carbons (Fsp3) is 0.0625. The Morgan fingerprint density at radius 3 is 2.55 bits per heavy atom. The molecule has 0 saturated carbocycles. The van der Waals surface area contributed by atoms with Gasteiger partial charge in [-0.1, -0.05) is 42.5 Å². The maximum absolute atomic E-state index is 9.73. The molecule has 0 saturated heterocycles. The summed E-state index contributed by atoms with van der Waals surface area (Å²) in [5.74, 6) is 1.09. The van der Waals surface area contributed by atoms with Crippen molar-refractivity contribution in [2.75, 3.05) is 0 Å². The lowest BCUT2D eigenvalue weighted by molar-refractivity contribution is 0.462. The number of aromatic hydroxyl groups is 1. The van der Waals surface area contributed by atoms with Crippen LogP contribution in [0.15, 0.2) is 64.9 Å². The maximum atomic E-state index is 9.73. The number of thiazole rings is 1. The Balaban J connectivity index is 1.71. The van der Waals surface area contributed by atoms with E-state index in [-0.39, 0.29) is 0 Å². The maximum Gasteiger partial charge on any atom is 0.129 e. The topological polar surface area (TPSA) is 33.1 Å². The number of hydrogen-bond donors (Lipinski definition) is 1. The normalized spacial score (nSPS) is 10.6. The molecule has 0 aliphatic carbocycles. The van der Waals surface area contributed by atoms with Gasteiger partial charge in [-0.25, -0.2) is 4.98 Å². The van der Waals surface area contributed by atoms with Gasteiger partial charge in [-0.2, -0.15) is 0 Å². The molecule has 1 aromatic heterocycles. The van der Waals surface area contributed by atoms with Gasteiger partial charge in [0.05, 0.1) is 5.69 Å². The Hall–Kier alpha value is -1.78. The van der Waals surface area contributed by atoms with E-state index in [0.717, 1.165) is 26.9 Å². The number of hydrogen-bond acceptors (Lipinski definition) is 4. The summed E-state index contributed by atoms with van der Waals surface area (Å²) in [5, 5.41) is 12.9. The van der Waals surface area contributed by atoms with E-state index in [1.54, 1.807) is 29.2 Å². The molecule has 0 atom stereocenters. The largest absolute Gasteiger partial charge is 0.507 e. The first kappa shape index (κ1) is 13.2. The van der Waals surface area contributed by atoms with Gasteiger partial charge in [0.15, 0.2) is 0 Å². The monoisotopic (exact) mass is 299 g/mol. The highest BCUT2D eigenvalue weighted by Crippen LogP contribution is 2.32. The molecule has 0 spiro atoms. The van der Waals surface area contributed by atoms with Gasteiger partial charge in [0.2, 0.25) is 0 Å². The van der Waals surface area contributed by atoms with Crippen molar-refractivity contribution in [3.05, 3.63) is 65.7 Å². The average Bonchev–Trinajstić information content (AvgIpc) is 2.96. The van der Waals surface area contributed by atoms with Gasteiger partial charge in [0.1, 0.15) is 10.8 Å². The van der Waals surface area contributed by atoms with E-state index in [9.17, 15) is 5.11 Å². The Morgan fingerprint density at radius 2 is 1.75 bits per heavy atom. The highest BCUT2D eigenvalue weighted by molar-refractivity contribution is 7.98. The van der Waals surface area contributed by atoms with Crippen molar-refractivity contribution >= 4 is 23.1 Å². The van der Waals surface area contributed by atoms with Crippen LogP contribution in [0.5, 0.6) is 5.75 Å². The minimum Gasteiger partial charge on any atom is -0.507 e. The second kappa shape index (κ2) is 6.11. The zero-order valence-electron chi connectivity index (χ0n) is 10.7. The lowest BCUT2D eigenvalue weighted by Gasteiger charge is -2.01. The molecule has 2 nitrogen and oxygen atoms in total. The van der Waals surface area contributed by atoms with Gasteiger partial charge in [-0.3, -0.25) is 0 Å². The highest BCUT2D eigenvalue weighted by atomic mass is 32.2. The number of aromatic nitrogens is 1. The SMILES string of the molecule is Oc1ccccc1SCc1csc(-c2ccccc2)n1. The van der Waals surface area contributed by atoms with Crippen LogP contribution >= 0.6 is 23.1 Å². The molecule has 3 aromatic rings. The molecule has 1 N–H and O–H groups in total. The number of nitrogens with zero attached hydrogens (tertiary/aromatic N) is 1. The standard InChI is InChI=1S/C16H13NOS2/c18-14-8-4-5-9-15(14)19-10-13-11-20-16(17-13)12-6-2-1-3-7-12/h1-9,11,18H,10H2. The first-order chi connectivity index (χ1) is 9.83. The second-order valence-electron chi connectivity index (χ2n) is 4.27. The van der Waals surface area contributed by atoms with Crippen LogP contribution in [-0.4, -0.2) is 10.1 Å². The average molecular weight is 299 g/mol. The molecule has 1 heterocycles.